The molecular weight excluding hydrogens is 186 g/mol. The van der Waals surface area contributed by atoms with E-state index in [1.54, 1.807) is 0 Å². The summed E-state index contributed by atoms with van der Waals surface area (Å²) in [5.41, 5.74) is 0. The Labute approximate surface area is 58.1 Å². The van der Waals surface area contributed by atoms with Gasteiger partial charge in [-0.1, -0.05) is 4.13 Å². The minimum absolute atomic E-state index is 0.744. The van der Waals surface area contributed by atoms with Crippen molar-refractivity contribution in [2.45, 2.75) is 0 Å². The highest BCUT2D eigenvalue weighted by Gasteiger charge is 2.15. The first kappa shape index (κ1) is 9.78. The molecule has 0 unspecified atom stereocenters. The normalized spacial score (nSPS) is 13.4. The van der Waals surface area contributed by atoms with Crippen molar-refractivity contribution in [2.24, 2.45) is 0 Å². The number of hydrogen-bond donors (Lipinski definition) is 2. The van der Waals surface area contributed by atoms with Crippen LogP contribution in [0.5, 0.6) is 0 Å². The van der Waals surface area contributed by atoms with Crippen molar-refractivity contribution in [1.82, 2.24) is 4.13 Å². The lowest BCUT2D eigenvalue weighted by atomic mass is 11.8. The molecule has 0 aromatic carbocycles. The lowest BCUT2D eigenvalue weighted by Gasteiger charge is -1.97. The van der Waals surface area contributed by atoms with E-state index in [0.717, 1.165) is 11.2 Å². The van der Waals surface area contributed by atoms with Gasteiger partial charge in [0, 0.05) is 0 Å². The summed E-state index contributed by atoms with van der Waals surface area (Å²) >= 11 is 0. The van der Waals surface area contributed by atoms with E-state index >= 15 is 0 Å². The van der Waals surface area contributed by atoms with Crippen LogP contribution < -0.4 is 4.13 Å². The van der Waals surface area contributed by atoms with Crippen LogP contribution in [0.4, 0.5) is 0 Å². The van der Waals surface area contributed by atoms with Crippen molar-refractivity contribution < 1.29 is 25.6 Å². The van der Waals surface area contributed by atoms with Gasteiger partial charge in [0.15, 0.2) is 0 Å². The summed E-state index contributed by atoms with van der Waals surface area (Å²) < 4.78 is 52.2. The molecule has 0 atom stereocenters. The molecule has 7 nitrogen and oxygen atoms in total. The topological polar surface area (TPSA) is 110 Å². The molecule has 2 N–H and O–H groups in total. The Morgan fingerprint density at radius 2 is 1.70 bits per heavy atom. The highest BCUT2D eigenvalue weighted by Crippen LogP contribution is 1.85. The van der Waals surface area contributed by atoms with Crippen LogP contribution in [0.25, 0.3) is 0 Å². The monoisotopic (exact) mass is 191 g/mol. The zero-order valence-corrected chi connectivity index (χ0v) is 6.44. The summed E-state index contributed by atoms with van der Waals surface area (Å²) in [4.78, 5) is 0. The molecule has 9 heteroatoms. The maximum atomic E-state index is 10.1. The molecule has 0 aromatic rings. The Balaban J connectivity index is 4.49. The van der Waals surface area contributed by atoms with Crippen LogP contribution in [-0.4, -0.2) is 28.5 Å². The Hall–Kier alpha value is -0.220. The molecule has 0 fully saturated rings. The fraction of sp³-hybridized carbons (Fsp3) is 1.00. The Morgan fingerprint density at radius 3 is 1.80 bits per heavy atom. The van der Waals surface area contributed by atoms with Crippen molar-refractivity contribution in [2.75, 3.05) is 7.11 Å². The Bertz CT molecular complexity index is 284. The average molecular weight is 191 g/mol. The van der Waals surface area contributed by atoms with Gasteiger partial charge in [0.05, 0.1) is 7.11 Å². The lowest BCUT2D eigenvalue weighted by Crippen LogP contribution is -2.30. The van der Waals surface area contributed by atoms with Crippen LogP contribution >= 0.6 is 0 Å². The van der Waals surface area contributed by atoms with Crippen molar-refractivity contribution in [3.8, 4) is 0 Å². The maximum absolute atomic E-state index is 10.1. The molecule has 0 heterocycles. The van der Waals surface area contributed by atoms with Gasteiger partial charge in [-0.3, -0.25) is 8.74 Å². The molecule has 0 aliphatic carbocycles. The van der Waals surface area contributed by atoms with Crippen LogP contribution in [0.3, 0.4) is 0 Å². The summed E-state index contributed by atoms with van der Waals surface area (Å²) in [7, 11) is -8.38. The van der Waals surface area contributed by atoms with Gasteiger partial charge < -0.3 is 0 Å². The van der Waals surface area contributed by atoms with E-state index in [1.807, 2.05) is 0 Å². The fourth-order valence-corrected chi connectivity index (χ4v) is 1.47. The fourth-order valence-electron chi connectivity index (χ4n) is 0.163. The third kappa shape index (κ3) is 4.64. The molecule has 0 aromatic heterocycles. The van der Waals surface area contributed by atoms with Gasteiger partial charge in [-0.2, -0.15) is 16.8 Å². The first-order chi connectivity index (χ1) is 4.27. The van der Waals surface area contributed by atoms with Gasteiger partial charge >= 0.3 is 20.6 Å². The molecule has 0 aliphatic rings. The maximum Gasteiger partial charge on any atom is 0.350 e. The van der Waals surface area contributed by atoms with Crippen LogP contribution in [0.2, 0.25) is 0 Å². The van der Waals surface area contributed by atoms with Gasteiger partial charge in [-0.25, -0.2) is 0 Å². The smallest absolute Gasteiger partial charge is 0.273 e. The molecule has 0 spiro atoms. The molecule has 0 amide bonds. The summed E-state index contributed by atoms with van der Waals surface area (Å²) in [6.07, 6.45) is 0. The molecule has 0 aliphatic heterocycles. The predicted molar refractivity (Wildman–Crippen MR) is 30.6 cm³/mol. The highest BCUT2D eigenvalue weighted by molar-refractivity contribution is 7.99. The predicted octanol–water partition coefficient (Wildman–Crippen LogP) is -1.73. The first-order valence-electron chi connectivity index (χ1n) is 1.83. The molecule has 0 rings (SSSR count). The summed E-state index contributed by atoms with van der Waals surface area (Å²) in [5, 5.41) is 0. The second-order valence-corrected chi connectivity index (χ2v) is 4.04. The molecule has 10 heavy (non-hydrogen) atoms. The SMILES string of the molecule is COS(=O)(=O)NS(=O)(=O)O. The average Bonchev–Trinajstić information content (AvgIpc) is 1.60. The number of nitrogens with one attached hydrogen (secondary N) is 1. The summed E-state index contributed by atoms with van der Waals surface area (Å²) in [6, 6.07) is 0. The molecule has 0 bridgehead atoms. The molecule has 0 saturated carbocycles. The van der Waals surface area contributed by atoms with Gasteiger partial charge in [0.1, 0.15) is 0 Å². The van der Waals surface area contributed by atoms with Gasteiger partial charge in [-0.05, 0) is 0 Å². The van der Waals surface area contributed by atoms with Gasteiger partial charge in [-0.15, -0.1) is 0 Å². The van der Waals surface area contributed by atoms with Crippen molar-refractivity contribution >= 4 is 20.6 Å². The third-order valence-corrected chi connectivity index (χ3v) is 2.52. The Kier molecular flexibility index (Phi) is 2.74. The summed E-state index contributed by atoms with van der Waals surface area (Å²) in [5.74, 6) is 0. The van der Waals surface area contributed by atoms with E-state index < -0.39 is 20.6 Å². The quantitative estimate of drug-likeness (QED) is 0.513. The first-order valence-corrected chi connectivity index (χ1v) is 4.68. The lowest BCUT2D eigenvalue weighted by molar-refractivity contribution is 0.390. The van der Waals surface area contributed by atoms with Crippen LogP contribution in [0.15, 0.2) is 0 Å². The number of hydrogen-bond acceptors (Lipinski definition) is 5. The minimum Gasteiger partial charge on any atom is -0.273 e. The standard InChI is InChI=1S/CH5NO6S2/c1-8-10(6,7)2-9(3,4)5/h2H,1H3,(H,3,4,5). The zero-order valence-electron chi connectivity index (χ0n) is 4.80. The Morgan fingerprint density at radius 1 is 1.30 bits per heavy atom. The molecule has 0 radical (unpaired) electrons. The van der Waals surface area contributed by atoms with E-state index in [9.17, 15) is 16.8 Å². The number of rotatable bonds is 3. The molecular formula is CH5NO6S2. The van der Waals surface area contributed by atoms with E-state index in [-0.39, 0.29) is 0 Å². The van der Waals surface area contributed by atoms with Gasteiger partial charge in [0.25, 0.3) is 0 Å². The van der Waals surface area contributed by atoms with E-state index in [0.29, 0.717) is 0 Å². The zero-order chi connectivity index (χ0) is 8.41. The molecule has 62 valence electrons. The molecule has 0 saturated heterocycles. The second-order valence-electron chi connectivity index (χ2n) is 1.18. The van der Waals surface area contributed by atoms with E-state index in [2.05, 4.69) is 4.18 Å². The largest absolute Gasteiger partial charge is 0.350 e. The van der Waals surface area contributed by atoms with Crippen LogP contribution in [0, 0.1) is 0 Å². The highest BCUT2D eigenvalue weighted by atomic mass is 32.3. The van der Waals surface area contributed by atoms with Crippen molar-refractivity contribution in [3.05, 3.63) is 0 Å². The van der Waals surface area contributed by atoms with E-state index in [4.69, 9.17) is 4.55 Å². The third-order valence-electron chi connectivity index (χ3n) is 0.427. The van der Waals surface area contributed by atoms with Crippen molar-refractivity contribution in [1.29, 1.82) is 0 Å². The van der Waals surface area contributed by atoms with Crippen LogP contribution in [-0.2, 0) is 24.8 Å². The summed E-state index contributed by atoms with van der Waals surface area (Å²) in [6.45, 7) is 0. The van der Waals surface area contributed by atoms with E-state index in [1.165, 1.54) is 0 Å². The van der Waals surface area contributed by atoms with Gasteiger partial charge in [0.2, 0.25) is 0 Å². The second kappa shape index (κ2) is 2.80. The van der Waals surface area contributed by atoms with Crippen molar-refractivity contribution in [3.63, 3.8) is 0 Å². The van der Waals surface area contributed by atoms with Crippen LogP contribution in [0.1, 0.15) is 0 Å². The minimum atomic E-state index is -4.76.